The van der Waals surface area contributed by atoms with Gasteiger partial charge in [-0.3, -0.25) is 9.59 Å². The summed E-state index contributed by atoms with van der Waals surface area (Å²) in [5, 5.41) is 3.11. The van der Waals surface area contributed by atoms with Gasteiger partial charge in [0, 0.05) is 6.04 Å². The van der Waals surface area contributed by atoms with E-state index in [2.05, 4.69) is 12.2 Å². The van der Waals surface area contributed by atoms with Crippen molar-refractivity contribution in [1.29, 1.82) is 0 Å². The van der Waals surface area contributed by atoms with Crippen molar-refractivity contribution >= 4 is 11.8 Å². The van der Waals surface area contributed by atoms with Crippen molar-refractivity contribution in [2.75, 3.05) is 0 Å². The fourth-order valence-electron chi connectivity index (χ4n) is 4.22. The Morgan fingerprint density at radius 2 is 1.90 bits per heavy atom. The average Bonchev–Trinajstić information content (AvgIpc) is 3.27. The van der Waals surface area contributed by atoms with Crippen LogP contribution in [0.4, 0.5) is 0 Å². The first-order chi connectivity index (χ1) is 10.1. The number of nitrogens with one attached hydrogen (secondary N) is 1. The summed E-state index contributed by atoms with van der Waals surface area (Å²) in [5.74, 6) is 1.04. The van der Waals surface area contributed by atoms with E-state index in [0.717, 1.165) is 38.0 Å². The van der Waals surface area contributed by atoms with E-state index in [0.29, 0.717) is 6.42 Å². The number of piperazine rings is 1. The SMILES string of the molecule is CCC1C(=O)NC2(CCCCC2)C(=O)N1C(C)CC1CC1. The molecule has 2 atom stereocenters. The van der Waals surface area contributed by atoms with Crippen LogP contribution in [0.2, 0.25) is 0 Å². The summed E-state index contributed by atoms with van der Waals surface area (Å²) in [4.78, 5) is 27.7. The van der Waals surface area contributed by atoms with Crippen molar-refractivity contribution in [1.82, 2.24) is 10.2 Å². The molecule has 3 rings (SSSR count). The van der Waals surface area contributed by atoms with Crippen molar-refractivity contribution in [3.63, 3.8) is 0 Å². The van der Waals surface area contributed by atoms with Crippen molar-refractivity contribution in [2.45, 2.75) is 89.3 Å². The van der Waals surface area contributed by atoms with Crippen LogP contribution >= 0.6 is 0 Å². The third-order valence-electron chi connectivity index (χ3n) is 5.58. The molecule has 2 saturated carbocycles. The zero-order valence-electron chi connectivity index (χ0n) is 13.4. The number of nitrogens with zero attached hydrogens (tertiary/aromatic N) is 1. The first-order valence-corrected chi connectivity index (χ1v) is 8.72. The lowest BCUT2D eigenvalue weighted by atomic mass is 9.77. The van der Waals surface area contributed by atoms with Crippen LogP contribution in [0, 0.1) is 5.92 Å². The molecule has 1 spiro atoms. The predicted octanol–water partition coefficient (Wildman–Crippen LogP) is 2.61. The molecule has 2 unspecified atom stereocenters. The summed E-state index contributed by atoms with van der Waals surface area (Å²) in [5.41, 5.74) is -0.585. The number of amides is 2. The maximum atomic E-state index is 13.2. The van der Waals surface area contributed by atoms with E-state index in [1.807, 2.05) is 11.8 Å². The Morgan fingerprint density at radius 3 is 2.48 bits per heavy atom. The summed E-state index contributed by atoms with van der Waals surface area (Å²) in [6.45, 7) is 4.14. The molecule has 3 fully saturated rings. The van der Waals surface area contributed by atoms with Crippen molar-refractivity contribution in [3.05, 3.63) is 0 Å². The van der Waals surface area contributed by atoms with E-state index >= 15 is 0 Å². The number of carbonyl (C=O) groups excluding carboxylic acids is 2. The molecule has 1 N–H and O–H groups in total. The molecule has 1 aliphatic heterocycles. The van der Waals surface area contributed by atoms with Gasteiger partial charge in [-0.25, -0.2) is 0 Å². The van der Waals surface area contributed by atoms with Crippen LogP contribution in [0.15, 0.2) is 0 Å². The van der Waals surface area contributed by atoms with Crippen LogP contribution in [-0.4, -0.2) is 34.3 Å². The molecule has 0 aromatic heterocycles. The predicted molar refractivity (Wildman–Crippen MR) is 81.7 cm³/mol. The normalized spacial score (nSPS) is 30.4. The van der Waals surface area contributed by atoms with E-state index in [1.54, 1.807) is 0 Å². The van der Waals surface area contributed by atoms with Gasteiger partial charge in [0.05, 0.1) is 0 Å². The fraction of sp³-hybridized carbons (Fsp3) is 0.882. The lowest BCUT2D eigenvalue weighted by Crippen LogP contribution is -2.72. The highest BCUT2D eigenvalue weighted by atomic mass is 16.2. The third kappa shape index (κ3) is 2.69. The first-order valence-electron chi connectivity index (χ1n) is 8.72. The quantitative estimate of drug-likeness (QED) is 0.866. The molecule has 1 saturated heterocycles. The van der Waals surface area contributed by atoms with Gasteiger partial charge < -0.3 is 10.2 Å². The van der Waals surface area contributed by atoms with Crippen LogP contribution in [0.3, 0.4) is 0 Å². The van der Waals surface area contributed by atoms with E-state index in [1.165, 1.54) is 19.3 Å². The molecule has 118 valence electrons. The first kappa shape index (κ1) is 14.9. The van der Waals surface area contributed by atoms with Gasteiger partial charge in [0.25, 0.3) is 0 Å². The van der Waals surface area contributed by atoms with Crippen LogP contribution in [0.25, 0.3) is 0 Å². The van der Waals surface area contributed by atoms with Crippen LogP contribution in [0.5, 0.6) is 0 Å². The second kappa shape index (κ2) is 5.62. The Kier molecular flexibility index (Phi) is 3.98. The van der Waals surface area contributed by atoms with E-state index < -0.39 is 5.54 Å². The van der Waals surface area contributed by atoms with Gasteiger partial charge >= 0.3 is 0 Å². The van der Waals surface area contributed by atoms with E-state index in [-0.39, 0.29) is 23.9 Å². The molecule has 4 heteroatoms. The number of rotatable bonds is 4. The van der Waals surface area contributed by atoms with Gasteiger partial charge in [-0.2, -0.15) is 0 Å². The summed E-state index contributed by atoms with van der Waals surface area (Å²) in [6.07, 6.45) is 9.28. The van der Waals surface area contributed by atoms with Gasteiger partial charge in [0.2, 0.25) is 11.8 Å². The Morgan fingerprint density at radius 1 is 1.24 bits per heavy atom. The maximum absolute atomic E-state index is 13.2. The smallest absolute Gasteiger partial charge is 0.249 e. The molecule has 0 aromatic rings. The van der Waals surface area contributed by atoms with E-state index in [9.17, 15) is 9.59 Å². The van der Waals surface area contributed by atoms with Gasteiger partial charge in [-0.15, -0.1) is 0 Å². The minimum absolute atomic E-state index is 0.0710. The summed E-state index contributed by atoms with van der Waals surface area (Å²) in [6, 6.07) is -0.0707. The lowest BCUT2D eigenvalue weighted by molar-refractivity contribution is -0.159. The zero-order chi connectivity index (χ0) is 15.0. The van der Waals surface area contributed by atoms with Crippen LogP contribution in [0.1, 0.15) is 71.6 Å². The Bertz CT molecular complexity index is 425. The fourth-order valence-corrected chi connectivity index (χ4v) is 4.22. The standard InChI is InChI=1S/C17H28N2O2/c1-3-14-15(20)18-17(9-5-4-6-10-17)16(21)19(14)12(2)11-13-7-8-13/h12-14H,3-11H2,1-2H3,(H,18,20). The average molecular weight is 292 g/mol. The van der Waals surface area contributed by atoms with E-state index in [4.69, 9.17) is 0 Å². The molecule has 0 bridgehead atoms. The number of hydrogen-bond acceptors (Lipinski definition) is 2. The highest BCUT2D eigenvalue weighted by molar-refractivity contribution is 6.00. The second-order valence-corrected chi connectivity index (χ2v) is 7.30. The zero-order valence-corrected chi connectivity index (χ0v) is 13.4. The topological polar surface area (TPSA) is 49.4 Å². The molecule has 3 aliphatic rings. The minimum atomic E-state index is -0.585. The molecule has 0 radical (unpaired) electrons. The molecule has 2 aliphatic carbocycles. The van der Waals surface area contributed by atoms with Crippen molar-refractivity contribution in [2.24, 2.45) is 5.92 Å². The van der Waals surface area contributed by atoms with Gasteiger partial charge in [0.15, 0.2) is 0 Å². The highest BCUT2D eigenvalue weighted by Gasteiger charge is 2.51. The van der Waals surface area contributed by atoms with Gasteiger partial charge in [-0.05, 0) is 38.5 Å². The highest BCUT2D eigenvalue weighted by Crippen LogP contribution is 2.38. The Labute approximate surface area is 127 Å². The lowest BCUT2D eigenvalue weighted by Gasteiger charge is -2.49. The van der Waals surface area contributed by atoms with Crippen LogP contribution in [-0.2, 0) is 9.59 Å². The molecule has 0 aromatic carbocycles. The monoisotopic (exact) mass is 292 g/mol. The Balaban J connectivity index is 1.84. The second-order valence-electron chi connectivity index (χ2n) is 7.30. The minimum Gasteiger partial charge on any atom is -0.340 e. The largest absolute Gasteiger partial charge is 0.340 e. The molecule has 2 amide bonds. The number of hydrogen-bond donors (Lipinski definition) is 1. The van der Waals surface area contributed by atoms with Gasteiger partial charge in [0.1, 0.15) is 11.6 Å². The number of carbonyl (C=O) groups is 2. The summed E-state index contributed by atoms with van der Waals surface area (Å²) < 4.78 is 0. The third-order valence-corrected chi connectivity index (χ3v) is 5.58. The molecule has 21 heavy (non-hydrogen) atoms. The van der Waals surface area contributed by atoms with Crippen molar-refractivity contribution in [3.8, 4) is 0 Å². The molecular weight excluding hydrogens is 264 g/mol. The molecule has 1 heterocycles. The maximum Gasteiger partial charge on any atom is 0.249 e. The Hall–Kier alpha value is -1.06. The van der Waals surface area contributed by atoms with Crippen LogP contribution < -0.4 is 5.32 Å². The summed E-state index contributed by atoms with van der Waals surface area (Å²) >= 11 is 0. The summed E-state index contributed by atoms with van der Waals surface area (Å²) in [7, 11) is 0. The molecule has 4 nitrogen and oxygen atoms in total. The molecular formula is C17H28N2O2. The van der Waals surface area contributed by atoms with Gasteiger partial charge in [-0.1, -0.05) is 39.0 Å². The van der Waals surface area contributed by atoms with Crippen molar-refractivity contribution < 1.29 is 9.59 Å².